The summed E-state index contributed by atoms with van der Waals surface area (Å²) in [6.07, 6.45) is -2.41. The molecule has 2 atom stereocenters. The molecule has 1 aliphatic rings. The summed E-state index contributed by atoms with van der Waals surface area (Å²) in [6.45, 7) is 0.530. The Balaban J connectivity index is 2.12. The van der Waals surface area contributed by atoms with E-state index in [1.807, 2.05) is 0 Å². The average molecular weight is 274 g/mol. The van der Waals surface area contributed by atoms with Crippen molar-refractivity contribution in [2.75, 3.05) is 6.54 Å². The second-order valence-corrected chi connectivity index (χ2v) is 4.54. The summed E-state index contributed by atoms with van der Waals surface area (Å²) in [6, 6.07) is 2.00. The molecule has 0 saturated carbocycles. The lowest BCUT2D eigenvalue weighted by Gasteiger charge is -2.28. The van der Waals surface area contributed by atoms with E-state index in [4.69, 9.17) is 5.11 Å². The van der Waals surface area contributed by atoms with Crippen molar-refractivity contribution in [1.82, 2.24) is 10.3 Å². The van der Waals surface area contributed by atoms with Gasteiger partial charge in [0.2, 0.25) is 0 Å². The van der Waals surface area contributed by atoms with Gasteiger partial charge in [0.25, 0.3) is 0 Å². The molecule has 2 unspecified atom stereocenters. The molecule has 2 heterocycles. The number of aliphatic carboxylic acids is 1. The number of aromatic nitrogens is 1. The number of halogens is 3. The fourth-order valence-electron chi connectivity index (χ4n) is 2.17. The molecule has 1 saturated heterocycles. The Hall–Kier alpha value is -1.63. The van der Waals surface area contributed by atoms with E-state index in [0.717, 1.165) is 12.3 Å². The van der Waals surface area contributed by atoms with E-state index >= 15 is 0 Å². The number of rotatable bonds is 2. The molecule has 0 bridgehead atoms. The average Bonchev–Trinajstić information content (AvgIpc) is 2.38. The van der Waals surface area contributed by atoms with Crippen LogP contribution in [0.15, 0.2) is 18.3 Å². The fourth-order valence-corrected chi connectivity index (χ4v) is 2.17. The normalized spacial score (nSPS) is 24.2. The highest BCUT2D eigenvalue weighted by Crippen LogP contribution is 2.30. The highest BCUT2D eigenvalue weighted by molar-refractivity contribution is 5.70. The van der Waals surface area contributed by atoms with Gasteiger partial charge in [-0.1, -0.05) is 6.07 Å². The maximum absolute atomic E-state index is 12.4. The highest BCUT2D eigenvalue weighted by atomic mass is 19.4. The molecule has 1 aromatic heterocycles. The van der Waals surface area contributed by atoms with E-state index in [1.165, 1.54) is 6.07 Å². The first-order chi connectivity index (χ1) is 8.88. The Bertz CT molecular complexity index is 459. The highest BCUT2D eigenvalue weighted by Gasteiger charge is 2.33. The number of hydrogen-bond donors (Lipinski definition) is 2. The lowest BCUT2D eigenvalue weighted by Crippen LogP contribution is -2.35. The van der Waals surface area contributed by atoms with Crippen molar-refractivity contribution in [3.63, 3.8) is 0 Å². The minimum atomic E-state index is -4.46. The van der Waals surface area contributed by atoms with Crippen molar-refractivity contribution in [1.29, 1.82) is 0 Å². The molecular formula is C12H13F3N2O2. The Kier molecular flexibility index (Phi) is 3.75. The van der Waals surface area contributed by atoms with Gasteiger partial charge in [0, 0.05) is 12.2 Å². The molecule has 2 rings (SSSR count). The quantitative estimate of drug-likeness (QED) is 0.868. The van der Waals surface area contributed by atoms with Crippen LogP contribution in [0.5, 0.6) is 0 Å². The summed E-state index contributed by atoms with van der Waals surface area (Å²) < 4.78 is 37.1. The number of carboxylic acids is 1. The molecule has 1 aromatic rings. The number of carboxylic acid groups (broad SMARTS) is 1. The predicted octanol–water partition coefficient (Wildman–Crippen LogP) is 2.23. The third kappa shape index (κ3) is 3.23. The number of alkyl halides is 3. The van der Waals surface area contributed by atoms with Crippen molar-refractivity contribution in [2.24, 2.45) is 5.92 Å². The molecule has 19 heavy (non-hydrogen) atoms. The van der Waals surface area contributed by atoms with Crippen LogP contribution >= 0.6 is 0 Å². The van der Waals surface area contributed by atoms with Gasteiger partial charge in [-0.25, -0.2) is 0 Å². The summed E-state index contributed by atoms with van der Waals surface area (Å²) in [5.41, 5.74) is -0.360. The lowest BCUT2D eigenvalue weighted by atomic mass is 9.89. The second kappa shape index (κ2) is 5.16. The zero-order chi connectivity index (χ0) is 14.0. The van der Waals surface area contributed by atoms with Gasteiger partial charge in [-0.3, -0.25) is 9.78 Å². The van der Waals surface area contributed by atoms with Gasteiger partial charge >= 0.3 is 12.1 Å². The first kappa shape index (κ1) is 13.8. The minimum absolute atomic E-state index is 0.260. The number of hydrogen-bond acceptors (Lipinski definition) is 3. The van der Waals surface area contributed by atoms with Gasteiger partial charge in [0.05, 0.1) is 5.92 Å². The van der Waals surface area contributed by atoms with Crippen molar-refractivity contribution in [3.8, 4) is 0 Å². The van der Waals surface area contributed by atoms with Crippen LogP contribution in [-0.4, -0.2) is 22.6 Å². The number of carbonyl (C=O) groups is 1. The predicted molar refractivity (Wildman–Crippen MR) is 60.3 cm³/mol. The number of nitrogens with one attached hydrogen (secondary N) is 1. The van der Waals surface area contributed by atoms with E-state index < -0.39 is 23.8 Å². The maximum Gasteiger partial charge on any atom is 0.433 e. The van der Waals surface area contributed by atoms with E-state index in [9.17, 15) is 18.0 Å². The minimum Gasteiger partial charge on any atom is -0.481 e. The summed E-state index contributed by atoms with van der Waals surface area (Å²) in [7, 11) is 0. The summed E-state index contributed by atoms with van der Waals surface area (Å²) in [5.74, 6) is -1.33. The molecule has 0 amide bonds. The topological polar surface area (TPSA) is 62.2 Å². The summed E-state index contributed by atoms with van der Waals surface area (Å²) in [4.78, 5) is 14.3. The van der Waals surface area contributed by atoms with Gasteiger partial charge in [0.15, 0.2) is 0 Å². The SMILES string of the molecule is O=C(O)C1CCNC(c2ccc(C(F)(F)F)nc2)C1. The smallest absolute Gasteiger partial charge is 0.433 e. The van der Waals surface area contributed by atoms with Gasteiger partial charge in [0.1, 0.15) is 5.69 Å². The molecule has 7 heteroatoms. The first-order valence-electron chi connectivity index (χ1n) is 5.87. The largest absolute Gasteiger partial charge is 0.481 e. The van der Waals surface area contributed by atoms with Crippen LogP contribution in [0.4, 0.5) is 13.2 Å². The molecule has 0 spiro atoms. The first-order valence-corrected chi connectivity index (χ1v) is 5.87. The van der Waals surface area contributed by atoms with Gasteiger partial charge in [-0.15, -0.1) is 0 Å². The van der Waals surface area contributed by atoms with Gasteiger partial charge in [-0.05, 0) is 31.0 Å². The van der Waals surface area contributed by atoms with Crippen molar-refractivity contribution in [2.45, 2.75) is 25.1 Å². The summed E-state index contributed by atoms with van der Waals surface area (Å²) in [5, 5.41) is 12.1. The number of nitrogens with zero attached hydrogens (tertiary/aromatic N) is 1. The van der Waals surface area contributed by atoms with Crippen LogP contribution in [0.25, 0.3) is 0 Å². The van der Waals surface area contributed by atoms with E-state index in [1.54, 1.807) is 0 Å². The van der Waals surface area contributed by atoms with Crippen molar-refractivity contribution < 1.29 is 23.1 Å². The molecule has 0 aromatic carbocycles. The second-order valence-electron chi connectivity index (χ2n) is 4.54. The molecule has 4 nitrogen and oxygen atoms in total. The van der Waals surface area contributed by atoms with Gasteiger partial charge < -0.3 is 10.4 Å². The van der Waals surface area contributed by atoms with Crippen LogP contribution in [0.3, 0.4) is 0 Å². The van der Waals surface area contributed by atoms with E-state index in [0.29, 0.717) is 24.9 Å². The lowest BCUT2D eigenvalue weighted by molar-refractivity contribution is -0.143. The van der Waals surface area contributed by atoms with Crippen LogP contribution in [0.1, 0.15) is 30.1 Å². The third-order valence-electron chi connectivity index (χ3n) is 3.23. The monoisotopic (exact) mass is 274 g/mol. The molecule has 0 radical (unpaired) electrons. The van der Waals surface area contributed by atoms with Crippen molar-refractivity contribution in [3.05, 3.63) is 29.6 Å². The molecule has 1 fully saturated rings. The number of pyridine rings is 1. The van der Waals surface area contributed by atoms with Crippen molar-refractivity contribution >= 4 is 5.97 Å². The molecular weight excluding hydrogens is 261 g/mol. The Morgan fingerprint density at radius 3 is 2.68 bits per heavy atom. The standard InChI is InChI=1S/C12H13F3N2O2/c13-12(14,15)10-2-1-8(6-17-10)9-5-7(11(18)19)3-4-16-9/h1-2,6-7,9,16H,3-5H2,(H,18,19). The van der Waals surface area contributed by atoms with Gasteiger partial charge in [-0.2, -0.15) is 13.2 Å². The Labute approximate surface area is 107 Å². The zero-order valence-corrected chi connectivity index (χ0v) is 9.94. The van der Waals surface area contributed by atoms with Crippen LogP contribution in [-0.2, 0) is 11.0 Å². The molecule has 104 valence electrons. The number of piperidine rings is 1. The molecule has 0 aliphatic carbocycles. The maximum atomic E-state index is 12.4. The third-order valence-corrected chi connectivity index (χ3v) is 3.23. The molecule has 2 N–H and O–H groups in total. The van der Waals surface area contributed by atoms with E-state index in [-0.39, 0.29) is 6.04 Å². The molecule has 1 aliphatic heterocycles. The van der Waals surface area contributed by atoms with Crippen LogP contribution in [0.2, 0.25) is 0 Å². The Morgan fingerprint density at radius 1 is 1.42 bits per heavy atom. The fraction of sp³-hybridized carbons (Fsp3) is 0.500. The Morgan fingerprint density at radius 2 is 2.16 bits per heavy atom. The van der Waals surface area contributed by atoms with Crippen LogP contribution in [0, 0.1) is 5.92 Å². The van der Waals surface area contributed by atoms with E-state index in [2.05, 4.69) is 10.3 Å². The van der Waals surface area contributed by atoms with Crippen LogP contribution < -0.4 is 5.32 Å². The summed E-state index contributed by atoms with van der Waals surface area (Å²) >= 11 is 0. The zero-order valence-electron chi connectivity index (χ0n) is 9.94.